The van der Waals surface area contributed by atoms with Crippen LogP contribution in [0.5, 0.6) is 0 Å². The first kappa shape index (κ1) is 20.6. The molecule has 0 saturated heterocycles. The predicted octanol–water partition coefficient (Wildman–Crippen LogP) is 4.27. The van der Waals surface area contributed by atoms with Gasteiger partial charge in [0, 0.05) is 11.7 Å². The van der Waals surface area contributed by atoms with Crippen molar-refractivity contribution in [3.8, 4) is 0 Å². The number of nitrogens with one attached hydrogen (secondary N) is 1. The van der Waals surface area contributed by atoms with E-state index >= 15 is 0 Å². The van der Waals surface area contributed by atoms with E-state index in [1.807, 2.05) is 32.0 Å². The zero-order chi connectivity index (χ0) is 20.1. The lowest BCUT2D eigenvalue weighted by Crippen LogP contribution is -2.45. The zero-order valence-corrected chi connectivity index (χ0v) is 17.3. The van der Waals surface area contributed by atoms with Gasteiger partial charge < -0.3 is 5.32 Å². The number of para-hydroxylation sites is 1. The Balaban J connectivity index is 1.86. The van der Waals surface area contributed by atoms with E-state index in [2.05, 4.69) is 5.32 Å². The summed E-state index contributed by atoms with van der Waals surface area (Å²) in [6.45, 7) is 3.69. The SMILES string of the molecule is Cc1cccc(C)c1NC(=O)CN(C1CCCCC1)S(=O)(=O)c1ccccc1. The summed E-state index contributed by atoms with van der Waals surface area (Å²) in [5, 5.41) is 2.93. The molecule has 1 fully saturated rings. The fourth-order valence-electron chi connectivity index (χ4n) is 3.84. The Morgan fingerprint density at radius 2 is 1.57 bits per heavy atom. The molecule has 150 valence electrons. The molecule has 28 heavy (non-hydrogen) atoms. The van der Waals surface area contributed by atoms with E-state index in [0.29, 0.717) is 0 Å². The van der Waals surface area contributed by atoms with Crippen LogP contribution >= 0.6 is 0 Å². The van der Waals surface area contributed by atoms with Crippen molar-refractivity contribution in [1.29, 1.82) is 0 Å². The van der Waals surface area contributed by atoms with Crippen LogP contribution in [0.1, 0.15) is 43.2 Å². The van der Waals surface area contributed by atoms with Crippen molar-refractivity contribution < 1.29 is 13.2 Å². The van der Waals surface area contributed by atoms with Gasteiger partial charge in [-0.1, -0.05) is 55.7 Å². The number of sulfonamides is 1. The monoisotopic (exact) mass is 400 g/mol. The van der Waals surface area contributed by atoms with Gasteiger partial charge in [0.2, 0.25) is 15.9 Å². The van der Waals surface area contributed by atoms with E-state index in [1.54, 1.807) is 30.3 Å². The fourth-order valence-corrected chi connectivity index (χ4v) is 5.50. The van der Waals surface area contributed by atoms with Crippen LogP contribution in [0.25, 0.3) is 0 Å². The van der Waals surface area contributed by atoms with E-state index in [1.165, 1.54) is 4.31 Å². The Labute approximate surface area is 167 Å². The maximum atomic E-state index is 13.3. The first-order chi connectivity index (χ1) is 13.4. The van der Waals surface area contributed by atoms with Crippen LogP contribution in [0.3, 0.4) is 0 Å². The summed E-state index contributed by atoms with van der Waals surface area (Å²) >= 11 is 0. The third-order valence-corrected chi connectivity index (χ3v) is 7.29. The molecule has 2 aromatic rings. The summed E-state index contributed by atoms with van der Waals surface area (Å²) in [4.78, 5) is 13.1. The third kappa shape index (κ3) is 4.62. The summed E-state index contributed by atoms with van der Waals surface area (Å²) in [5.74, 6) is -0.303. The number of anilines is 1. The molecule has 5 nitrogen and oxygen atoms in total. The summed E-state index contributed by atoms with van der Waals surface area (Å²) in [6.07, 6.45) is 4.68. The second kappa shape index (κ2) is 8.88. The van der Waals surface area contributed by atoms with Gasteiger partial charge >= 0.3 is 0 Å². The number of rotatable bonds is 6. The minimum atomic E-state index is -3.74. The molecule has 0 atom stereocenters. The first-order valence-electron chi connectivity index (χ1n) is 9.82. The third-order valence-electron chi connectivity index (χ3n) is 5.38. The number of amides is 1. The Kier molecular flexibility index (Phi) is 6.52. The molecule has 2 aromatic carbocycles. The van der Waals surface area contributed by atoms with Crippen molar-refractivity contribution in [2.24, 2.45) is 0 Å². The number of carbonyl (C=O) groups is 1. The molecule has 3 rings (SSSR count). The van der Waals surface area contributed by atoms with Crippen molar-refractivity contribution in [2.45, 2.75) is 56.9 Å². The van der Waals surface area contributed by atoms with Gasteiger partial charge in [-0.15, -0.1) is 0 Å². The lowest BCUT2D eigenvalue weighted by molar-refractivity contribution is -0.116. The largest absolute Gasteiger partial charge is 0.324 e. The van der Waals surface area contributed by atoms with Crippen LogP contribution in [-0.4, -0.2) is 31.2 Å². The molecule has 0 aliphatic heterocycles. The van der Waals surface area contributed by atoms with Crippen LogP contribution in [0.2, 0.25) is 0 Å². The van der Waals surface area contributed by atoms with E-state index in [9.17, 15) is 13.2 Å². The second-order valence-electron chi connectivity index (χ2n) is 7.47. The first-order valence-corrected chi connectivity index (χ1v) is 11.3. The minimum absolute atomic E-state index is 0.136. The lowest BCUT2D eigenvalue weighted by atomic mass is 9.95. The van der Waals surface area contributed by atoms with Crippen molar-refractivity contribution in [1.82, 2.24) is 4.31 Å². The molecule has 0 radical (unpaired) electrons. The number of carbonyl (C=O) groups excluding carboxylic acids is 1. The van der Waals surface area contributed by atoms with Gasteiger partial charge in [-0.3, -0.25) is 4.79 Å². The fraction of sp³-hybridized carbons (Fsp3) is 0.409. The Hall–Kier alpha value is -2.18. The number of hydrogen-bond donors (Lipinski definition) is 1. The Morgan fingerprint density at radius 1 is 0.964 bits per heavy atom. The van der Waals surface area contributed by atoms with E-state index < -0.39 is 10.0 Å². The minimum Gasteiger partial charge on any atom is -0.324 e. The summed E-state index contributed by atoms with van der Waals surface area (Å²) in [6, 6.07) is 14.1. The molecule has 0 heterocycles. The standard InChI is InChI=1S/C22H28N2O3S/c1-17-10-9-11-18(2)22(17)23-21(25)16-24(19-12-5-3-6-13-19)28(26,27)20-14-7-4-8-15-20/h4,7-11,14-15,19H,3,5-6,12-13,16H2,1-2H3,(H,23,25). The average molecular weight is 401 g/mol. The van der Waals surface area contributed by atoms with Crippen molar-refractivity contribution in [2.75, 3.05) is 11.9 Å². The van der Waals surface area contributed by atoms with Crippen LogP contribution in [-0.2, 0) is 14.8 Å². The quantitative estimate of drug-likeness (QED) is 0.788. The highest BCUT2D eigenvalue weighted by Crippen LogP contribution is 2.28. The van der Waals surface area contributed by atoms with Gasteiger partial charge in [0.25, 0.3) is 0 Å². The molecular formula is C22H28N2O3S. The zero-order valence-electron chi connectivity index (χ0n) is 16.5. The normalized spacial score (nSPS) is 15.5. The van der Waals surface area contributed by atoms with Gasteiger partial charge in [-0.25, -0.2) is 8.42 Å². The topological polar surface area (TPSA) is 66.5 Å². The predicted molar refractivity (Wildman–Crippen MR) is 112 cm³/mol. The highest BCUT2D eigenvalue weighted by atomic mass is 32.2. The molecule has 1 saturated carbocycles. The molecule has 0 bridgehead atoms. The molecule has 0 unspecified atom stereocenters. The molecule has 1 amide bonds. The van der Waals surface area contributed by atoms with E-state index in [-0.39, 0.29) is 23.4 Å². The van der Waals surface area contributed by atoms with Gasteiger partial charge in [0.15, 0.2) is 0 Å². The smallest absolute Gasteiger partial charge is 0.243 e. The summed E-state index contributed by atoms with van der Waals surface area (Å²) in [5.41, 5.74) is 2.68. The number of benzene rings is 2. The van der Waals surface area contributed by atoms with Gasteiger partial charge in [-0.05, 0) is 49.9 Å². The lowest BCUT2D eigenvalue weighted by Gasteiger charge is -2.33. The summed E-state index contributed by atoms with van der Waals surface area (Å²) < 4.78 is 28.0. The Bertz CT molecular complexity index is 900. The van der Waals surface area contributed by atoms with E-state index in [4.69, 9.17) is 0 Å². The molecule has 1 N–H and O–H groups in total. The van der Waals surface area contributed by atoms with Gasteiger partial charge in [0.05, 0.1) is 11.4 Å². The highest BCUT2D eigenvalue weighted by molar-refractivity contribution is 7.89. The highest BCUT2D eigenvalue weighted by Gasteiger charge is 2.34. The maximum Gasteiger partial charge on any atom is 0.243 e. The number of aryl methyl sites for hydroxylation is 2. The Morgan fingerprint density at radius 3 is 2.18 bits per heavy atom. The molecule has 6 heteroatoms. The van der Waals surface area contributed by atoms with Gasteiger partial charge in [0.1, 0.15) is 0 Å². The number of hydrogen-bond acceptors (Lipinski definition) is 3. The van der Waals surface area contributed by atoms with Crippen molar-refractivity contribution in [3.05, 3.63) is 59.7 Å². The maximum absolute atomic E-state index is 13.3. The van der Waals surface area contributed by atoms with Crippen LogP contribution < -0.4 is 5.32 Å². The average Bonchev–Trinajstić information content (AvgIpc) is 2.70. The summed E-state index contributed by atoms with van der Waals surface area (Å²) in [7, 11) is -3.74. The van der Waals surface area contributed by atoms with Crippen molar-refractivity contribution >= 4 is 21.6 Å². The van der Waals surface area contributed by atoms with E-state index in [0.717, 1.165) is 48.9 Å². The molecule has 0 spiro atoms. The molecular weight excluding hydrogens is 372 g/mol. The van der Waals surface area contributed by atoms with Crippen LogP contribution in [0, 0.1) is 13.8 Å². The second-order valence-corrected chi connectivity index (χ2v) is 9.36. The molecule has 1 aliphatic carbocycles. The number of nitrogens with zero attached hydrogens (tertiary/aromatic N) is 1. The molecule has 1 aliphatic rings. The van der Waals surface area contributed by atoms with Crippen LogP contribution in [0.4, 0.5) is 5.69 Å². The van der Waals surface area contributed by atoms with Gasteiger partial charge in [-0.2, -0.15) is 4.31 Å². The molecule has 0 aromatic heterocycles. The van der Waals surface area contributed by atoms with Crippen molar-refractivity contribution in [3.63, 3.8) is 0 Å². The van der Waals surface area contributed by atoms with Crippen LogP contribution in [0.15, 0.2) is 53.4 Å².